The zero-order valence-electron chi connectivity index (χ0n) is 11.3. The zero-order chi connectivity index (χ0) is 13.1. The quantitative estimate of drug-likeness (QED) is 0.877. The Kier molecular flexibility index (Phi) is 3.55. The summed E-state index contributed by atoms with van der Waals surface area (Å²) in [7, 11) is 3.49. The summed E-state index contributed by atoms with van der Waals surface area (Å²) >= 11 is 0. The minimum atomic E-state index is 0.720. The van der Waals surface area contributed by atoms with E-state index in [4.69, 9.17) is 4.74 Å². The molecule has 0 amide bonds. The predicted octanol–water partition coefficient (Wildman–Crippen LogP) is 1.74. The van der Waals surface area contributed by atoms with Gasteiger partial charge in [0.05, 0.1) is 12.8 Å². The van der Waals surface area contributed by atoms with Gasteiger partial charge < -0.3 is 10.1 Å². The number of hydrogen-bond acceptors (Lipinski definition) is 4. The maximum Gasteiger partial charge on any atom is 0.213 e. The van der Waals surface area contributed by atoms with Crippen molar-refractivity contribution in [3.63, 3.8) is 0 Å². The highest BCUT2D eigenvalue weighted by Crippen LogP contribution is 2.19. The smallest absolute Gasteiger partial charge is 0.213 e. The number of rotatable bonds is 5. The summed E-state index contributed by atoms with van der Waals surface area (Å²) in [6, 6.07) is 1.89. The average Bonchev–Trinajstić information content (AvgIpc) is 2.89. The Balaban J connectivity index is 2.36. The Hall–Kier alpha value is -1.98. The van der Waals surface area contributed by atoms with Crippen molar-refractivity contribution in [3.8, 4) is 11.7 Å². The van der Waals surface area contributed by atoms with Crippen LogP contribution in [0.3, 0.4) is 0 Å². The highest BCUT2D eigenvalue weighted by Gasteiger charge is 2.12. The van der Waals surface area contributed by atoms with E-state index in [1.807, 2.05) is 30.8 Å². The molecule has 0 unspecified atom stereocenters. The lowest BCUT2D eigenvalue weighted by Gasteiger charge is -2.05. The van der Waals surface area contributed by atoms with E-state index >= 15 is 0 Å². The van der Waals surface area contributed by atoms with Crippen molar-refractivity contribution in [2.45, 2.75) is 20.3 Å². The van der Waals surface area contributed by atoms with Crippen LogP contribution in [-0.2, 0) is 7.05 Å². The standard InChI is InChI=1S/C12H19N5O/c1-5-6-13-12-14-9(2)8-17(12)10-7-11(18-4)16(3)15-10/h7-8H,5-6H2,1-4H3,(H,13,14). The highest BCUT2D eigenvalue weighted by atomic mass is 16.5. The van der Waals surface area contributed by atoms with Gasteiger partial charge >= 0.3 is 0 Å². The summed E-state index contributed by atoms with van der Waals surface area (Å²) in [5.41, 5.74) is 0.957. The van der Waals surface area contributed by atoms with E-state index in [1.54, 1.807) is 11.8 Å². The number of nitrogens with zero attached hydrogens (tertiary/aromatic N) is 4. The Bertz CT molecular complexity index is 529. The molecule has 0 spiro atoms. The second-order valence-electron chi connectivity index (χ2n) is 4.17. The van der Waals surface area contributed by atoms with Gasteiger partial charge in [0.2, 0.25) is 11.8 Å². The van der Waals surface area contributed by atoms with E-state index < -0.39 is 0 Å². The average molecular weight is 249 g/mol. The summed E-state index contributed by atoms with van der Waals surface area (Å²) < 4.78 is 8.86. The first kappa shape index (κ1) is 12.5. The van der Waals surface area contributed by atoms with Crippen molar-refractivity contribution in [2.24, 2.45) is 7.05 Å². The van der Waals surface area contributed by atoms with Crippen LogP contribution in [0.15, 0.2) is 12.3 Å². The molecular formula is C12H19N5O. The molecule has 6 nitrogen and oxygen atoms in total. The second kappa shape index (κ2) is 5.12. The largest absolute Gasteiger partial charge is 0.481 e. The highest BCUT2D eigenvalue weighted by molar-refractivity contribution is 5.40. The van der Waals surface area contributed by atoms with Gasteiger partial charge in [0.25, 0.3) is 0 Å². The number of aryl methyl sites for hydroxylation is 2. The first-order chi connectivity index (χ1) is 8.65. The maximum atomic E-state index is 5.22. The number of aromatic nitrogens is 4. The van der Waals surface area contributed by atoms with Crippen molar-refractivity contribution in [2.75, 3.05) is 19.0 Å². The van der Waals surface area contributed by atoms with Crippen LogP contribution in [0.5, 0.6) is 5.88 Å². The normalized spacial score (nSPS) is 10.7. The summed E-state index contributed by atoms with van der Waals surface area (Å²) in [4.78, 5) is 4.45. The van der Waals surface area contributed by atoms with Gasteiger partial charge in [-0.25, -0.2) is 9.67 Å². The van der Waals surface area contributed by atoms with Crippen LogP contribution in [-0.4, -0.2) is 33.0 Å². The molecule has 0 saturated heterocycles. The van der Waals surface area contributed by atoms with Crippen LogP contribution in [0.1, 0.15) is 19.0 Å². The SMILES string of the molecule is CCCNc1nc(C)cn1-c1cc(OC)n(C)n1. The topological polar surface area (TPSA) is 56.9 Å². The molecule has 2 rings (SSSR count). The molecule has 0 aromatic carbocycles. The van der Waals surface area contributed by atoms with Crippen LogP contribution >= 0.6 is 0 Å². The van der Waals surface area contributed by atoms with Crippen molar-refractivity contribution < 1.29 is 4.74 Å². The van der Waals surface area contributed by atoms with Crippen LogP contribution in [0.2, 0.25) is 0 Å². The zero-order valence-corrected chi connectivity index (χ0v) is 11.3. The number of anilines is 1. The Morgan fingerprint density at radius 2 is 2.22 bits per heavy atom. The number of nitrogens with one attached hydrogen (secondary N) is 1. The third kappa shape index (κ3) is 2.32. The monoisotopic (exact) mass is 249 g/mol. The molecule has 2 heterocycles. The van der Waals surface area contributed by atoms with Crippen LogP contribution in [0, 0.1) is 6.92 Å². The van der Waals surface area contributed by atoms with Gasteiger partial charge in [-0.15, -0.1) is 0 Å². The molecule has 0 atom stereocenters. The third-order valence-corrected chi connectivity index (χ3v) is 2.64. The third-order valence-electron chi connectivity index (χ3n) is 2.64. The molecule has 2 aromatic heterocycles. The minimum Gasteiger partial charge on any atom is -0.481 e. The lowest BCUT2D eigenvalue weighted by Crippen LogP contribution is -2.07. The summed E-state index contributed by atoms with van der Waals surface area (Å²) in [5, 5.41) is 7.70. The van der Waals surface area contributed by atoms with Crippen molar-refractivity contribution >= 4 is 5.95 Å². The van der Waals surface area contributed by atoms with E-state index in [9.17, 15) is 0 Å². The van der Waals surface area contributed by atoms with E-state index in [2.05, 4.69) is 22.3 Å². The Morgan fingerprint density at radius 3 is 2.83 bits per heavy atom. The molecule has 0 aliphatic heterocycles. The molecular weight excluding hydrogens is 230 g/mol. The van der Waals surface area contributed by atoms with Gasteiger partial charge in [-0.2, -0.15) is 5.10 Å². The Labute approximate surface area is 107 Å². The van der Waals surface area contributed by atoms with Gasteiger partial charge in [0, 0.05) is 25.9 Å². The van der Waals surface area contributed by atoms with Gasteiger partial charge in [0.15, 0.2) is 5.82 Å². The molecule has 98 valence electrons. The Morgan fingerprint density at radius 1 is 1.44 bits per heavy atom. The van der Waals surface area contributed by atoms with Crippen LogP contribution < -0.4 is 10.1 Å². The molecule has 18 heavy (non-hydrogen) atoms. The van der Waals surface area contributed by atoms with Crippen molar-refractivity contribution in [1.29, 1.82) is 0 Å². The van der Waals surface area contributed by atoms with Gasteiger partial charge in [0.1, 0.15) is 0 Å². The lowest BCUT2D eigenvalue weighted by atomic mass is 10.5. The first-order valence-corrected chi connectivity index (χ1v) is 6.04. The molecule has 2 aromatic rings. The minimum absolute atomic E-state index is 0.720. The van der Waals surface area contributed by atoms with Crippen molar-refractivity contribution in [3.05, 3.63) is 18.0 Å². The van der Waals surface area contributed by atoms with E-state index in [0.717, 1.165) is 36.3 Å². The number of hydrogen-bond donors (Lipinski definition) is 1. The molecule has 0 fully saturated rings. The number of ether oxygens (including phenoxy) is 1. The maximum absolute atomic E-state index is 5.22. The molecule has 0 aliphatic carbocycles. The van der Waals surface area contributed by atoms with E-state index in [-0.39, 0.29) is 0 Å². The van der Waals surface area contributed by atoms with Gasteiger partial charge in [-0.05, 0) is 13.3 Å². The fourth-order valence-electron chi connectivity index (χ4n) is 1.78. The molecule has 1 N–H and O–H groups in total. The summed E-state index contributed by atoms with van der Waals surface area (Å²) in [6.07, 6.45) is 3.01. The van der Waals surface area contributed by atoms with E-state index in [1.165, 1.54) is 0 Å². The summed E-state index contributed by atoms with van der Waals surface area (Å²) in [6.45, 7) is 4.98. The predicted molar refractivity (Wildman–Crippen MR) is 70.4 cm³/mol. The molecule has 0 aliphatic rings. The van der Waals surface area contributed by atoms with Crippen LogP contribution in [0.25, 0.3) is 5.82 Å². The number of imidazole rings is 1. The fourth-order valence-corrected chi connectivity index (χ4v) is 1.78. The van der Waals surface area contributed by atoms with Gasteiger partial charge in [-0.3, -0.25) is 4.57 Å². The molecule has 0 bridgehead atoms. The van der Waals surface area contributed by atoms with E-state index in [0.29, 0.717) is 0 Å². The van der Waals surface area contributed by atoms with Crippen LogP contribution in [0.4, 0.5) is 5.95 Å². The molecule has 0 radical (unpaired) electrons. The number of methoxy groups -OCH3 is 1. The fraction of sp³-hybridized carbons (Fsp3) is 0.500. The van der Waals surface area contributed by atoms with Gasteiger partial charge in [-0.1, -0.05) is 6.92 Å². The summed E-state index contributed by atoms with van der Waals surface area (Å²) in [5.74, 6) is 2.33. The second-order valence-corrected chi connectivity index (χ2v) is 4.17. The molecule has 6 heteroatoms. The molecule has 0 saturated carbocycles. The lowest BCUT2D eigenvalue weighted by molar-refractivity contribution is 0.373. The van der Waals surface area contributed by atoms with Crippen molar-refractivity contribution in [1.82, 2.24) is 19.3 Å². The first-order valence-electron chi connectivity index (χ1n) is 6.04.